The molecule has 0 spiro atoms. The van der Waals surface area contributed by atoms with Crippen LogP contribution < -0.4 is 9.72 Å². The number of nitrogens with one attached hydrogen (secondary N) is 2. The van der Waals surface area contributed by atoms with E-state index in [-0.39, 0.29) is 6.04 Å². The summed E-state index contributed by atoms with van der Waals surface area (Å²) in [5.74, 6) is 0. The van der Waals surface area contributed by atoms with Gasteiger partial charge in [-0.15, -0.1) is 0 Å². The van der Waals surface area contributed by atoms with E-state index in [0.29, 0.717) is 5.56 Å². The lowest BCUT2D eigenvalue weighted by atomic mass is 9.89. The van der Waals surface area contributed by atoms with Crippen LogP contribution in [0.5, 0.6) is 0 Å². The number of pyridine rings is 1. The number of fused-ring (bicyclic) bond motifs is 3. The minimum absolute atomic E-state index is 0.353. The molecule has 3 heterocycles. The number of benzene rings is 1. The summed E-state index contributed by atoms with van der Waals surface area (Å²) < 4.78 is 2.06. The van der Waals surface area contributed by atoms with Crippen LogP contribution in [0.25, 0.3) is 5.65 Å². The molecule has 1 aliphatic rings. The van der Waals surface area contributed by atoms with E-state index in [9.17, 15) is 10.2 Å². The Bertz CT molecular complexity index is 873. The maximum absolute atomic E-state index is 10.6. The third kappa shape index (κ3) is 2.04. The summed E-state index contributed by atoms with van der Waals surface area (Å²) in [5.41, 5.74) is 5.62. The van der Waals surface area contributed by atoms with Gasteiger partial charge in [0.05, 0.1) is 12.2 Å². The molecule has 2 aromatic heterocycles. The van der Waals surface area contributed by atoms with Crippen molar-refractivity contribution in [1.82, 2.24) is 4.98 Å². The van der Waals surface area contributed by atoms with E-state index in [1.54, 1.807) is 0 Å². The molecule has 23 heavy (non-hydrogen) atoms. The Morgan fingerprint density at radius 2 is 1.78 bits per heavy atom. The lowest BCUT2D eigenvalue weighted by molar-refractivity contribution is -0.517. The van der Waals surface area contributed by atoms with Crippen LogP contribution in [0, 0.1) is 13.8 Å². The number of nitrogens with zero attached hydrogens (tertiary/aromatic N) is 1. The number of hydrogen-bond acceptors (Lipinski definition) is 3. The van der Waals surface area contributed by atoms with Crippen LogP contribution in [-0.4, -0.2) is 21.3 Å². The second-order valence-electron chi connectivity index (χ2n) is 6.17. The van der Waals surface area contributed by atoms with Gasteiger partial charge in [0, 0.05) is 19.4 Å². The molecule has 0 saturated heterocycles. The highest BCUT2D eigenvalue weighted by Crippen LogP contribution is 2.40. The van der Waals surface area contributed by atoms with Gasteiger partial charge in [0.25, 0.3) is 0 Å². The highest BCUT2D eigenvalue weighted by Gasteiger charge is 2.38. The average molecular weight is 310 g/mol. The number of aliphatic hydroxyl groups excluding tert-OH is 2. The second kappa shape index (κ2) is 5.08. The van der Waals surface area contributed by atoms with Gasteiger partial charge in [-0.1, -0.05) is 30.3 Å². The topological polar surface area (TPSA) is 72.4 Å². The molecule has 0 radical (unpaired) electrons. The number of rotatable bonds is 1. The third-order valence-electron chi connectivity index (χ3n) is 4.82. The van der Waals surface area contributed by atoms with Crippen molar-refractivity contribution in [2.24, 2.45) is 0 Å². The number of H-pyrrole nitrogens is 1. The van der Waals surface area contributed by atoms with E-state index >= 15 is 0 Å². The first-order valence-corrected chi connectivity index (χ1v) is 7.79. The zero-order chi connectivity index (χ0) is 16.1. The van der Waals surface area contributed by atoms with Crippen LogP contribution in [0.15, 0.2) is 42.6 Å². The number of aryl methyl sites for hydroxylation is 2. The highest BCUT2D eigenvalue weighted by molar-refractivity contribution is 5.71. The predicted molar refractivity (Wildman–Crippen MR) is 87.2 cm³/mol. The van der Waals surface area contributed by atoms with Crippen LogP contribution in [-0.2, 0) is 0 Å². The third-order valence-corrected chi connectivity index (χ3v) is 4.82. The van der Waals surface area contributed by atoms with Crippen LogP contribution in [0.1, 0.15) is 34.7 Å². The standard InChI is InChI=1S/C18H19N3O2/c1-10-11(2)21-9-8-13-15(18(21)19-10)20-14(17(23)16(13)22)12-6-4-3-5-7-12/h3-9,14,16-17,20,22-23H,1-2H3/p+1/t14-,16+,17+/m0/s1. The molecule has 0 unspecified atom stereocenters. The first kappa shape index (κ1) is 14.2. The lowest BCUT2D eigenvalue weighted by Crippen LogP contribution is -2.38. The van der Waals surface area contributed by atoms with E-state index in [1.807, 2.05) is 56.4 Å². The van der Waals surface area contributed by atoms with E-state index < -0.39 is 12.2 Å². The average Bonchev–Trinajstić information content (AvgIpc) is 2.86. The van der Waals surface area contributed by atoms with Gasteiger partial charge < -0.3 is 15.5 Å². The largest absolute Gasteiger partial charge is 0.388 e. The Hall–Kier alpha value is -2.37. The van der Waals surface area contributed by atoms with Crippen LogP contribution in [0.2, 0.25) is 0 Å². The SMILES string of the molecule is Cc1[nH]c2c3c(cc[n+]2c1C)[C@@H](O)[C@H](O)[C@H](c1ccccc1)N3. The van der Waals surface area contributed by atoms with Crippen molar-refractivity contribution in [2.75, 3.05) is 5.32 Å². The summed E-state index contributed by atoms with van der Waals surface area (Å²) in [7, 11) is 0. The van der Waals surface area contributed by atoms with E-state index in [4.69, 9.17) is 0 Å². The Balaban J connectivity index is 1.90. The maximum atomic E-state index is 10.6. The van der Waals surface area contributed by atoms with Crippen molar-refractivity contribution in [3.8, 4) is 0 Å². The van der Waals surface area contributed by atoms with E-state index in [0.717, 1.165) is 28.3 Å². The summed E-state index contributed by atoms with van der Waals surface area (Å²) in [4.78, 5) is 3.37. The minimum Gasteiger partial charge on any atom is -0.388 e. The molecule has 1 aliphatic heterocycles. The van der Waals surface area contributed by atoms with Crippen molar-refractivity contribution in [1.29, 1.82) is 0 Å². The molecular formula is C18H20N3O2+. The number of aromatic amines is 1. The van der Waals surface area contributed by atoms with Gasteiger partial charge >= 0.3 is 5.65 Å². The molecular weight excluding hydrogens is 290 g/mol. The van der Waals surface area contributed by atoms with Crippen LogP contribution in [0.3, 0.4) is 0 Å². The fraction of sp³-hybridized carbons (Fsp3) is 0.278. The number of imidazole rings is 1. The summed E-state index contributed by atoms with van der Waals surface area (Å²) >= 11 is 0. The monoisotopic (exact) mass is 310 g/mol. The smallest absolute Gasteiger partial charge is 0.308 e. The number of hydrogen-bond donors (Lipinski definition) is 4. The van der Waals surface area contributed by atoms with Crippen molar-refractivity contribution in [3.05, 3.63) is 65.1 Å². The van der Waals surface area contributed by atoms with E-state index in [2.05, 4.69) is 14.7 Å². The zero-order valence-corrected chi connectivity index (χ0v) is 13.1. The Morgan fingerprint density at radius 1 is 1.04 bits per heavy atom. The molecule has 118 valence electrons. The molecule has 4 rings (SSSR count). The van der Waals surface area contributed by atoms with E-state index in [1.165, 1.54) is 0 Å². The Morgan fingerprint density at radius 3 is 2.52 bits per heavy atom. The van der Waals surface area contributed by atoms with Gasteiger partial charge in [-0.05, 0) is 11.6 Å². The Labute approximate surface area is 134 Å². The maximum Gasteiger partial charge on any atom is 0.308 e. The number of aromatic nitrogens is 2. The Kier molecular flexibility index (Phi) is 3.14. The van der Waals surface area contributed by atoms with Gasteiger partial charge in [0.1, 0.15) is 29.3 Å². The van der Waals surface area contributed by atoms with Gasteiger partial charge in [0.2, 0.25) is 0 Å². The fourth-order valence-corrected chi connectivity index (χ4v) is 3.37. The van der Waals surface area contributed by atoms with Crippen molar-refractivity contribution in [3.63, 3.8) is 0 Å². The van der Waals surface area contributed by atoms with Crippen LogP contribution in [0.4, 0.5) is 5.69 Å². The second-order valence-corrected chi connectivity index (χ2v) is 6.17. The molecule has 5 heteroatoms. The minimum atomic E-state index is -0.926. The van der Waals surface area contributed by atoms with Gasteiger partial charge in [-0.2, -0.15) is 4.40 Å². The first-order chi connectivity index (χ1) is 11.1. The zero-order valence-electron chi connectivity index (χ0n) is 13.1. The summed E-state index contributed by atoms with van der Waals surface area (Å²) in [6.45, 7) is 4.07. The molecule has 0 bridgehead atoms. The molecule has 0 amide bonds. The molecule has 4 N–H and O–H groups in total. The molecule has 0 saturated carbocycles. The summed E-state index contributed by atoms with van der Waals surface area (Å²) in [5, 5.41) is 24.5. The highest BCUT2D eigenvalue weighted by atomic mass is 16.3. The first-order valence-electron chi connectivity index (χ1n) is 7.79. The molecule has 1 aromatic carbocycles. The fourth-order valence-electron chi connectivity index (χ4n) is 3.37. The van der Waals surface area contributed by atoms with Crippen molar-refractivity contribution >= 4 is 11.3 Å². The summed E-state index contributed by atoms with van der Waals surface area (Å²) in [6, 6.07) is 11.2. The van der Waals surface area contributed by atoms with Crippen molar-refractivity contribution in [2.45, 2.75) is 32.1 Å². The van der Waals surface area contributed by atoms with Crippen molar-refractivity contribution < 1.29 is 14.6 Å². The quantitative estimate of drug-likeness (QED) is 0.519. The number of aliphatic hydroxyl groups is 2. The molecule has 0 aliphatic carbocycles. The lowest BCUT2D eigenvalue weighted by Gasteiger charge is -2.34. The van der Waals surface area contributed by atoms with Gasteiger partial charge in [-0.25, -0.2) is 4.98 Å². The predicted octanol–water partition coefficient (Wildman–Crippen LogP) is 1.93. The number of anilines is 1. The van der Waals surface area contributed by atoms with Gasteiger partial charge in [-0.3, -0.25) is 0 Å². The molecule has 3 aromatic rings. The normalized spacial score (nSPS) is 23.6. The molecule has 5 nitrogen and oxygen atoms in total. The molecule has 3 atom stereocenters. The summed E-state index contributed by atoms with van der Waals surface area (Å²) in [6.07, 6.45) is 0.0999. The van der Waals surface area contributed by atoms with Gasteiger partial charge in [0.15, 0.2) is 0 Å². The molecule has 0 fully saturated rings. The van der Waals surface area contributed by atoms with Crippen LogP contribution >= 0.6 is 0 Å².